The van der Waals surface area contributed by atoms with Gasteiger partial charge < -0.3 is 5.32 Å². The maximum absolute atomic E-state index is 12.5. The number of nitrogens with zero attached hydrogens (tertiary/aromatic N) is 1. The number of nitrogens with one attached hydrogen (secondary N) is 1. The molecule has 3 aromatic carbocycles. The molecule has 1 N–H and O–H groups in total. The lowest BCUT2D eigenvalue weighted by atomic mass is 10.0. The molecule has 140 valence electrons. The number of carbonyl (C=O) groups excluding carboxylic acids is 1. The third-order valence-electron chi connectivity index (χ3n) is 4.36. The molecular weight excluding hydrogens is 388 g/mol. The van der Waals surface area contributed by atoms with Crippen LogP contribution in [-0.4, -0.2) is 17.7 Å². The Morgan fingerprint density at radius 1 is 0.964 bits per heavy atom. The first kappa shape index (κ1) is 18.8. The minimum atomic E-state index is -0.0981. The van der Waals surface area contributed by atoms with E-state index in [1.54, 1.807) is 11.8 Å². The Hall–Kier alpha value is -2.56. The minimum absolute atomic E-state index is 0.0760. The van der Waals surface area contributed by atoms with Crippen molar-refractivity contribution in [3.63, 3.8) is 0 Å². The van der Waals surface area contributed by atoms with Crippen LogP contribution in [-0.2, 0) is 0 Å². The van der Waals surface area contributed by atoms with E-state index in [9.17, 15) is 4.79 Å². The van der Waals surface area contributed by atoms with Gasteiger partial charge in [0.1, 0.15) is 0 Å². The van der Waals surface area contributed by atoms with E-state index in [1.807, 2.05) is 68.4 Å². The summed E-state index contributed by atoms with van der Waals surface area (Å²) in [7, 11) is 0. The molecule has 0 saturated heterocycles. The second kappa shape index (κ2) is 7.82. The Bertz CT molecular complexity index is 1090. The van der Waals surface area contributed by atoms with Gasteiger partial charge in [0.05, 0.1) is 11.4 Å². The molecule has 0 aliphatic carbocycles. The number of rotatable bonds is 3. The molecule has 3 aromatic rings. The van der Waals surface area contributed by atoms with Gasteiger partial charge in [-0.3, -0.25) is 4.79 Å². The molecule has 4 rings (SSSR count). The zero-order valence-electron chi connectivity index (χ0n) is 15.6. The van der Waals surface area contributed by atoms with Crippen molar-refractivity contribution in [1.82, 2.24) is 5.32 Å². The van der Waals surface area contributed by atoms with Crippen LogP contribution in [0.1, 0.15) is 35.3 Å². The van der Waals surface area contributed by atoms with Gasteiger partial charge in [-0.15, -0.1) is 0 Å². The molecule has 0 fully saturated rings. The van der Waals surface area contributed by atoms with E-state index in [4.69, 9.17) is 16.6 Å². The van der Waals surface area contributed by atoms with E-state index >= 15 is 0 Å². The van der Waals surface area contributed by atoms with Gasteiger partial charge in [0.25, 0.3) is 5.91 Å². The smallest absolute Gasteiger partial charge is 0.251 e. The van der Waals surface area contributed by atoms with Crippen LogP contribution in [0.15, 0.2) is 81.5 Å². The Balaban J connectivity index is 1.89. The molecule has 0 aromatic heterocycles. The molecule has 28 heavy (non-hydrogen) atoms. The zero-order valence-corrected chi connectivity index (χ0v) is 17.1. The summed E-state index contributed by atoms with van der Waals surface area (Å²) < 4.78 is 0. The Kier molecular flexibility index (Phi) is 5.25. The summed E-state index contributed by atoms with van der Waals surface area (Å²) in [5.74, 6) is -0.0981. The third-order valence-corrected chi connectivity index (χ3v) is 5.83. The molecule has 1 heterocycles. The van der Waals surface area contributed by atoms with E-state index in [0.29, 0.717) is 10.6 Å². The fraction of sp³-hybridized carbons (Fsp3) is 0.130. The zero-order chi connectivity index (χ0) is 19.7. The fourth-order valence-electron chi connectivity index (χ4n) is 3.09. The van der Waals surface area contributed by atoms with Crippen LogP contribution in [0.25, 0.3) is 0 Å². The number of hydrogen-bond acceptors (Lipinski definition) is 3. The van der Waals surface area contributed by atoms with E-state index in [-0.39, 0.29) is 11.9 Å². The van der Waals surface area contributed by atoms with Crippen LogP contribution in [0.5, 0.6) is 0 Å². The van der Waals surface area contributed by atoms with Gasteiger partial charge >= 0.3 is 0 Å². The van der Waals surface area contributed by atoms with Gasteiger partial charge in [0, 0.05) is 37.5 Å². The maximum atomic E-state index is 12.5. The SMILES string of the molecule is CC(C)NC(=O)c1ccc2c(c1)N=C(c1ccccc1Cl)c1ccccc1S2. The highest BCUT2D eigenvalue weighted by atomic mass is 35.5. The Morgan fingerprint density at radius 3 is 2.43 bits per heavy atom. The molecule has 0 spiro atoms. The predicted molar refractivity (Wildman–Crippen MR) is 116 cm³/mol. The van der Waals surface area contributed by atoms with Crippen molar-refractivity contribution in [2.24, 2.45) is 4.99 Å². The van der Waals surface area contributed by atoms with Gasteiger partial charge in [0.15, 0.2) is 0 Å². The first-order chi connectivity index (χ1) is 13.5. The number of amides is 1. The van der Waals surface area contributed by atoms with Crippen LogP contribution < -0.4 is 5.32 Å². The van der Waals surface area contributed by atoms with Gasteiger partial charge in [-0.05, 0) is 44.2 Å². The minimum Gasteiger partial charge on any atom is -0.350 e. The summed E-state index contributed by atoms with van der Waals surface area (Å²) in [6, 6.07) is 21.6. The summed E-state index contributed by atoms with van der Waals surface area (Å²) in [6.45, 7) is 3.89. The van der Waals surface area contributed by atoms with Crippen LogP contribution in [0.2, 0.25) is 5.02 Å². The molecule has 0 radical (unpaired) electrons. The maximum Gasteiger partial charge on any atom is 0.251 e. The second-order valence-corrected chi connectivity index (χ2v) is 8.34. The average molecular weight is 407 g/mol. The van der Waals surface area contributed by atoms with E-state index < -0.39 is 0 Å². The van der Waals surface area contributed by atoms with Gasteiger partial charge in [-0.1, -0.05) is 59.8 Å². The van der Waals surface area contributed by atoms with Crippen molar-refractivity contribution in [2.75, 3.05) is 0 Å². The summed E-state index contributed by atoms with van der Waals surface area (Å²) in [6.07, 6.45) is 0. The highest BCUT2D eigenvalue weighted by Gasteiger charge is 2.21. The average Bonchev–Trinajstić information content (AvgIpc) is 2.84. The third kappa shape index (κ3) is 3.71. The number of fused-ring (bicyclic) bond motifs is 2. The summed E-state index contributed by atoms with van der Waals surface area (Å²) in [5, 5.41) is 3.59. The molecule has 0 bridgehead atoms. The number of halogens is 1. The lowest BCUT2D eigenvalue weighted by molar-refractivity contribution is 0.0943. The van der Waals surface area contributed by atoms with Crippen LogP contribution in [0, 0.1) is 0 Å². The Labute approximate surface area is 173 Å². The number of hydrogen-bond donors (Lipinski definition) is 1. The largest absolute Gasteiger partial charge is 0.350 e. The fourth-order valence-corrected chi connectivity index (χ4v) is 4.32. The molecule has 0 saturated carbocycles. The standard InChI is InChI=1S/C23H19ClN2OS/c1-14(2)25-23(27)15-11-12-21-19(13-15)26-22(16-7-3-5-9-18(16)24)17-8-4-6-10-20(17)28-21/h3-14H,1-2H3,(H,25,27). The normalized spacial score (nSPS) is 12.6. The number of carbonyl (C=O) groups is 1. The lowest BCUT2D eigenvalue weighted by Gasteiger charge is -2.10. The number of aliphatic imine (C=N–C) groups is 1. The van der Waals surface area contributed by atoms with E-state index in [1.165, 1.54) is 0 Å². The predicted octanol–water partition coefficient (Wildman–Crippen LogP) is 6.11. The molecule has 5 heteroatoms. The molecule has 0 unspecified atom stereocenters. The van der Waals surface area contributed by atoms with Gasteiger partial charge in [-0.25, -0.2) is 4.99 Å². The molecule has 1 aliphatic rings. The first-order valence-electron chi connectivity index (χ1n) is 9.08. The molecule has 3 nitrogen and oxygen atoms in total. The number of benzene rings is 3. The molecule has 0 atom stereocenters. The summed E-state index contributed by atoms with van der Waals surface area (Å²) in [5.41, 5.74) is 4.09. The topological polar surface area (TPSA) is 41.5 Å². The quantitative estimate of drug-likeness (QED) is 0.445. The van der Waals surface area contributed by atoms with E-state index in [0.717, 1.165) is 32.3 Å². The summed E-state index contributed by atoms with van der Waals surface area (Å²) in [4.78, 5) is 19.5. The van der Waals surface area contributed by atoms with Crippen molar-refractivity contribution in [2.45, 2.75) is 29.7 Å². The van der Waals surface area contributed by atoms with Crippen LogP contribution >= 0.6 is 23.4 Å². The van der Waals surface area contributed by atoms with Crippen molar-refractivity contribution in [3.05, 3.63) is 88.4 Å². The van der Waals surface area contributed by atoms with Gasteiger partial charge in [0.2, 0.25) is 0 Å². The van der Waals surface area contributed by atoms with Crippen molar-refractivity contribution in [3.8, 4) is 0 Å². The molecular formula is C23H19ClN2OS. The highest BCUT2D eigenvalue weighted by molar-refractivity contribution is 7.99. The monoisotopic (exact) mass is 406 g/mol. The van der Waals surface area contributed by atoms with E-state index in [2.05, 4.69) is 17.4 Å². The van der Waals surface area contributed by atoms with Crippen LogP contribution in [0.4, 0.5) is 5.69 Å². The summed E-state index contributed by atoms with van der Waals surface area (Å²) >= 11 is 8.14. The van der Waals surface area contributed by atoms with Crippen LogP contribution in [0.3, 0.4) is 0 Å². The van der Waals surface area contributed by atoms with Gasteiger partial charge in [-0.2, -0.15) is 0 Å². The van der Waals surface area contributed by atoms with Crippen molar-refractivity contribution >= 4 is 40.7 Å². The molecule has 1 aliphatic heterocycles. The first-order valence-corrected chi connectivity index (χ1v) is 10.3. The molecule has 1 amide bonds. The van der Waals surface area contributed by atoms with Crippen molar-refractivity contribution < 1.29 is 4.79 Å². The Morgan fingerprint density at radius 2 is 1.68 bits per heavy atom. The second-order valence-electron chi connectivity index (χ2n) is 6.85. The van der Waals surface area contributed by atoms with Crippen molar-refractivity contribution in [1.29, 1.82) is 0 Å². The highest BCUT2D eigenvalue weighted by Crippen LogP contribution is 2.42. The lowest BCUT2D eigenvalue weighted by Crippen LogP contribution is -2.29.